The van der Waals surface area contributed by atoms with Crippen LogP contribution in [0.5, 0.6) is 0 Å². The molecule has 2 unspecified atom stereocenters. The van der Waals surface area contributed by atoms with Crippen LogP contribution in [0.4, 0.5) is 0 Å². The number of carbonyl (C=O) groups is 4. The van der Waals surface area contributed by atoms with Gasteiger partial charge in [-0.05, 0) is 85.2 Å². The van der Waals surface area contributed by atoms with Crippen molar-refractivity contribution in [3.63, 3.8) is 0 Å². The highest BCUT2D eigenvalue weighted by atomic mass is 32.2. The molecule has 9 rings (SSSR count). The van der Waals surface area contributed by atoms with Crippen LogP contribution >= 0.6 is 11.8 Å². The average molecular weight is 904 g/mol. The predicted octanol–water partition coefficient (Wildman–Crippen LogP) is 8.57. The predicted molar refractivity (Wildman–Crippen MR) is 259 cm³/mol. The van der Waals surface area contributed by atoms with Crippen molar-refractivity contribution in [2.75, 3.05) is 33.5 Å². The quantitative estimate of drug-likeness (QED) is 0.0940. The fourth-order valence-electron chi connectivity index (χ4n) is 9.56. The number of aromatic nitrogens is 2. The molecule has 1 aliphatic carbocycles. The summed E-state index contributed by atoms with van der Waals surface area (Å²) in [6.07, 6.45) is 9.11. The Morgan fingerprint density at radius 2 is 1.47 bits per heavy atom. The lowest BCUT2D eigenvalue weighted by Gasteiger charge is -2.35. The van der Waals surface area contributed by atoms with Crippen LogP contribution in [0.25, 0.3) is 28.0 Å². The molecule has 1 aromatic heterocycles. The number of esters is 1. The van der Waals surface area contributed by atoms with E-state index in [9.17, 15) is 19.2 Å². The summed E-state index contributed by atoms with van der Waals surface area (Å²) < 4.78 is 4.96. The number of rotatable bonds is 16. The number of nitrogens with one attached hydrogen (secondary N) is 2. The minimum absolute atomic E-state index is 0.0195. The number of imidazole rings is 1. The number of nitrogens with zero attached hydrogens (tertiary/aromatic N) is 5. The van der Waals surface area contributed by atoms with Gasteiger partial charge in [0.15, 0.2) is 0 Å². The Bertz CT molecular complexity index is 2590. The fraction of sp³-hybridized carbons (Fsp3) is 0.358. The standard InChI is InChI=1S/C53H57N7O5S/c1-58(2)50(39-13-8-5-9-14-39)53(64)60-46(33-66-48(60)27-26-47(61)56-41-24-25-41)43-29-40(31-54-43)36-18-16-34(17-19-36)35-20-22-38(23-21-35)44-32-55-51(57-44)45-15-10-28-59(45)52(63)42(30-49(62)65-3)37-11-6-4-7-12-37/h4-9,11-14,16-23,31-32,41-42,45-46,48,50H,10,15,24-30,33H2,1-3H3,(H,55,57)(H,56,61)/t42-,45+,46+,48?,50?/m1/s1. The maximum atomic E-state index is 14.7. The van der Waals surface area contributed by atoms with Crippen molar-refractivity contribution >= 4 is 46.7 Å². The topological polar surface area (TPSA) is 140 Å². The van der Waals surface area contributed by atoms with E-state index in [1.165, 1.54) is 7.11 Å². The van der Waals surface area contributed by atoms with Gasteiger partial charge in [-0.1, -0.05) is 109 Å². The number of likely N-dealkylation sites (tertiary alicyclic amines) is 1. The zero-order valence-electron chi connectivity index (χ0n) is 37.8. The van der Waals surface area contributed by atoms with E-state index in [0.29, 0.717) is 31.8 Å². The van der Waals surface area contributed by atoms with Crippen LogP contribution in [-0.4, -0.2) is 105 Å². The van der Waals surface area contributed by atoms with Gasteiger partial charge >= 0.3 is 5.97 Å². The fourth-order valence-corrected chi connectivity index (χ4v) is 11.0. The third kappa shape index (κ3) is 9.92. The molecule has 0 radical (unpaired) electrons. The second-order valence-corrected chi connectivity index (χ2v) is 19.1. The number of ether oxygens (including phenoxy) is 1. The molecule has 4 heterocycles. The molecule has 4 aromatic carbocycles. The summed E-state index contributed by atoms with van der Waals surface area (Å²) >= 11 is 1.75. The average Bonchev–Trinajstić information content (AvgIpc) is 3.82. The number of hydrogen-bond acceptors (Lipinski definition) is 9. The van der Waals surface area contributed by atoms with Gasteiger partial charge in [0.2, 0.25) is 17.7 Å². The van der Waals surface area contributed by atoms with Crippen molar-refractivity contribution in [1.82, 2.24) is 30.0 Å². The summed E-state index contributed by atoms with van der Waals surface area (Å²) in [5, 5.41) is 2.99. The number of aliphatic imine (C=N–C) groups is 1. The van der Waals surface area contributed by atoms with Crippen molar-refractivity contribution in [2.24, 2.45) is 4.99 Å². The molecule has 3 amide bonds. The Morgan fingerprint density at radius 3 is 2.12 bits per heavy atom. The summed E-state index contributed by atoms with van der Waals surface area (Å²) in [6.45, 7) is 0.595. The Hall–Kier alpha value is -6.31. The van der Waals surface area contributed by atoms with Gasteiger partial charge < -0.3 is 24.8 Å². The van der Waals surface area contributed by atoms with Gasteiger partial charge in [0.05, 0.1) is 48.8 Å². The molecular weight excluding hydrogens is 847 g/mol. The molecule has 0 spiro atoms. The number of thioether (sulfide) groups is 1. The van der Waals surface area contributed by atoms with Crippen LogP contribution in [0.3, 0.4) is 0 Å². The number of hydrogen-bond donors (Lipinski definition) is 2. The van der Waals surface area contributed by atoms with Gasteiger partial charge in [0, 0.05) is 43.1 Å². The second kappa shape index (κ2) is 20.1. The van der Waals surface area contributed by atoms with Crippen molar-refractivity contribution in [1.29, 1.82) is 0 Å². The Labute approximate surface area is 390 Å². The first-order chi connectivity index (χ1) is 32.1. The molecule has 5 aromatic rings. The number of benzene rings is 4. The minimum Gasteiger partial charge on any atom is -0.469 e. The molecule has 4 aliphatic rings. The number of allylic oxidation sites excluding steroid dienone is 1. The van der Waals surface area contributed by atoms with E-state index in [-0.39, 0.29) is 41.6 Å². The lowest BCUT2D eigenvalue weighted by Crippen LogP contribution is -2.50. The van der Waals surface area contributed by atoms with Gasteiger partial charge in [-0.15, -0.1) is 11.8 Å². The van der Waals surface area contributed by atoms with Crippen molar-refractivity contribution in [3.8, 4) is 22.4 Å². The molecule has 66 heavy (non-hydrogen) atoms. The molecule has 1 saturated carbocycles. The normalized spacial score (nSPS) is 20.2. The van der Waals surface area contributed by atoms with Gasteiger partial charge in [-0.3, -0.25) is 29.1 Å². The van der Waals surface area contributed by atoms with Crippen LogP contribution in [0.15, 0.2) is 127 Å². The van der Waals surface area contributed by atoms with E-state index in [1.807, 2.05) is 102 Å². The van der Waals surface area contributed by atoms with E-state index in [1.54, 1.807) is 11.8 Å². The van der Waals surface area contributed by atoms with Crippen molar-refractivity contribution in [2.45, 2.75) is 86.8 Å². The van der Waals surface area contributed by atoms with Crippen LogP contribution in [0.2, 0.25) is 0 Å². The van der Waals surface area contributed by atoms with Gasteiger partial charge in [-0.2, -0.15) is 0 Å². The summed E-state index contributed by atoms with van der Waals surface area (Å²) in [6, 6.07) is 35.8. The number of methoxy groups -OCH3 is 1. The molecular formula is C53H57N7O5S. The highest BCUT2D eigenvalue weighted by molar-refractivity contribution is 8.00. The van der Waals surface area contributed by atoms with Crippen LogP contribution < -0.4 is 5.32 Å². The number of H-pyrrole nitrogens is 1. The summed E-state index contributed by atoms with van der Waals surface area (Å²) in [5.41, 5.74) is 8.94. The highest BCUT2D eigenvalue weighted by Gasteiger charge is 2.44. The minimum atomic E-state index is -0.631. The van der Waals surface area contributed by atoms with E-state index >= 15 is 0 Å². The smallest absolute Gasteiger partial charge is 0.306 e. The maximum absolute atomic E-state index is 14.7. The first-order valence-electron chi connectivity index (χ1n) is 23.0. The molecule has 5 atom stereocenters. The first kappa shape index (κ1) is 44.9. The highest BCUT2D eigenvalue weighted by Crippen LogP contribution is 2.40. The zero-order chi connectivity index (χ0) is 45.7. The van der Waals surface area contributed by atoms with Gasteiger partial charge in [0.1, 0.15) is 11.9 Å². The van der Waals surface area contributed by atoms with E-state index in [0.717, 1.165) is 87.6 Å². The summed E-state index contributed by atoms with van der Waals surface area (Å²) in [5.74, 6) is 0.414. The van der Waals surface area contributed by atoms with E-state index in [2.05, 4.69) is 58.8 Å². The van der Waals surface area contributed by atoms with Gasteiger partial charge in [-0.25, -0.2) is 4.98 Å². The van der Waals surface area contributed by atoms with Crippen LogP contribution in [0.1, 0.15) is 91.9 Å². The number of amides is 3. The van der Waals surface area contributed by atoms with E-state index < -0.39 is 17.9 Å². The number of carbonyl (C=O) groups excluding carboxylic acids is 4. The third-order valence-corrected chi connectivity index (χ3v) is 14.6. The third-order valence-electron chi connectivity index (χ3n) is 13.2. The monoisotopic (exact) mass is 903 g/mol. The Morgan fingerprint density at radius 1 is 0.818 bits per heavy atom. The molecule has 12 nitrogen and oxygen atoms in total. The van der Waals surface area contributed by atoms with Crippen LogP contribution in [-0.2, 0) is 23.9 Å². The Kier molecular flexibility index (Phi) is 13.6. The molecule has 0 bridgehead atoms. The zero-order valence-corrected chi connectivity index (χ0v) is 38.6. The van der Waals surface area contributed by atoms with Crippen molar-refractivity contribution in [3.05, 3.63) is 144 Å². The maximum Gasteiger partial charge on any atom is 0.306 e. The summed E-state index contributed by atoms with van der Waals surface area (Å²) in [4.78, 5) is 72.9. The Balaban J connectivity index is 0.849. The molecule has 340 valence electrons. The molecule has 2 N–H and O–H groups in total. The lowest BCUT2D eigenvalue weighted by molar-refractivity contribution is -0.145. The van der Waals surface area contributed by atoms with Gasteiger partial charge in [0.25, 0.3) is 0 Å². The number of likely N-dealkylation sites (N-methyl/N-ethyl adjacent to an activating group) is 1. The molecule has 2 saturated heterocycles. The lowest BCUT2D eigenvalue weighted by atomic mass is 9.94. The molecule has 13 heteroatoms. The number of aromatic amines is 1. The molecule has 3 aliphatic heterocycles. The van der Waals surface area contributed by atoms with Crippen molar-refractivity contribution < 1.29 is 23.9 Å². The van der Waals surface area contributed by atoms with Crippen LogP contribution in [0, 0.1) is 0 Å². The van der Waals surface area contributed by atoms with E-state index in [4.69, 9.17) is 14.7 Å². The largest absolute Gasteiger partial charge is 0.469 e. The second-order valence-electron chi connectivity index (χ2n) is 17.9. The summed E-state index contributed by atoms with van der Waals surface area (Å²) in [7, 11) is 5.24. The molecule has 3 fully saturated rings. The SMILES string of the molecule is COC(=O)C[C@@H](C(=O)N1CCC[C@H]1c1ncc(-c2ccc(-c3ccc(C4=CN=C([C@@H]5CSC(CCC(=O)NC6CC6)N5C(=O)C(c5ccccc5)N(C)C)C4)cc3)cc2)[nH]1)c1ccccc1. The first-order valence-corrected chi connectivity index (χ1v) is 24.1.